The third-order valence-electron chi connectivity index (χ3n) is 3.77. The molecule has 0 aromatic heterocycles. The molecule has 0 radical (unpaired) electrons. The molecule has 1 aromatic rings. The Bertz CT molecular complexity index is 381. The maximum atomic E-state index is 13.8. The zero-order chi connectivity index (χ0) is 13.0. The zero-order valence-electron chi connectivity index (χ0n) is 11.3. The van der Waals surface area contributed by atoms with Crippen molar-refractivity contribution in [2.24, 2.45) is 5.92 Å². The molecule has 100 valence electrons. The largest absolute Gasteiger partial charge is 0.368 e. The van der Waals surface area contributed by atoms with E-state index in [1.165, 1.54) is 18.9 Å². The first-order valence-corrected chi connectivity index (χ1v) is 6.93. The van der Waals surface area contributed by atoms with Crippen molar-refractivity contribution >= 4 is 5.69 Å². The van der Waals surface area contributed by atoms with E-state index in [9.17, 15) is 4.39 Å². The second-order valence-electron chi connectivity index (χ2n) is 5.27. The number of rotatable bonds is 4. The summed E-state index contributed by atoms with van der Waals surface area (Å²) in [5, 5.41) is 3.54. The summed E-state index contributed by atoms with van der Waals surface area (Å²) in [5.74, 6) is 0.652. The van der Waals surface area contributed by atoms with Crippen molar-refractivity contribution in [3.05, 3.63) is 30.1 Å². The Balaban J connectivity index is 2.03. The molecule has 1 aliphatic rings. The number of nitrogens with one attached hydrogen (secondary N) is 1. The molecule has 0 amide bonds. The van der Waals surface area contributed by atoms with Gasteiger partial charge in [0.15, 0.2) is 0 Å². The van der Waals surface area contributed by atoms with Gasteiger partial charge in [-0.2, -0.15) is 0 Å². The number of hydrogen-bond donors (Lipinski definition) is 1. The van der Waals surface area contributed by atoms with Crippen LogP contribution in [0.5, 0.6) is 0 Å². The lowest BCUT2D eigenvalue weighted by molar-refractivity contribution is 0.320. The topological polar surface area (TPSA) is 15.3 Å². The molecule has 2 rings (SSSR count). The van der Waals surface area contributed by atoms with Gasteiger partial charge in [0.05, 0.1) is 5.69 Å². The van der Waals surface area contributed by atoms with Gasteiger partial charge in [0, 0.05) is 19.1 Å². The number of likely N-dealkylation sites (N-methyl/N-ethyl adjacent to an activating group) is 1. The SMILES string of the molecule is CCN(CC1CC(C)CCN1)c1ccccc1F. The average Bonchev–Trinajstić information content (AvgIpc) is 2.37. The fourth-order valence-electron chi connectivity index (χ4n) is 2.73. The van der Waals surface area contributed by atoms with Gasteiger partial charge < -0.3 is 10.2 Å². The van der Waals surface area contributed by atoms with E-state index in [1.54, 1.807) is 6.07 Å². The number of para-hydroxylation sites is 1. The molecule has 0 spiro atoms. The monoisotopic (exact) mass is 250 g/mol. The lowest BCUT2D eigenvalue weighted by Crippen LogP contribution is -2.45. The molecule has 2 unspecified atom stereocenters. The van der Waals surface area contributed by atoms with E-state index in [0.29, 0.717) is 6.04 Å². The van der Waals surface area contributed by atoms with Crippen LogP contribution in [0, 0.1) is 11.7 Å². The van der Waals surface area contributed by atoms with Crippen LogP contribution in [-0.4, -0.2) is 25.7 Å². The van der Waals surface area contributed by atoms with E-state index >= 15 is 0 Å². The summed E-state index contributed by atoms with van der Waals surface area (Å²) in [4.78, 5) is 2.13. The van der Waals surface area contributed by atoms with Crippen molar-refractivity contribution in [3.8, 4) is 0 Å². The number of anilines is 1. The number of piperidine rings is 1. The summed E-state index contributed by atoms with van der Waals surface area (Å²) in [6, 6.07) is 7.53. The van der Waals surface area contributed by atoms with Gasteiger partial charge in [-0.05, 0) is 44.4 Å². The molecule has 0 bridgehead atoms. The summed E-state index contributed by atoms with van der Waals surface area (Å²) in [7, 11) is 0. The highest BCUT2D eigenvalue weighted by Gasteiger charge is 2.21. The molecule has 3 heteroatoms. The van der Waals surface area contributed by atoms with Crippen molar-refractivity contribution in [2.45, 2.75) is 32.7 Å². The summed E-state index contributed by atoms with van der Waals surface area (Å²) in [6.45, 7) is 7.20. The van der Waals surface area contributed by atoms with Crippen LogP contribution in [0.2, 0.25) is 0 Å². The smallest absolute Gasteiger partial charge is 0.146 e. The standard InChI is InChI=1S/C15H23FN2/c1-3-18(15-7-5-4-6-14(15)16)11-13-10-12(2)8-9-17-13/h4-7,12-13,17H,3,8-11H2,1-2H3. The minimum Gasteiger partial charge on any atom is -0.368 e. The summed E-state index contributed by atoms with van der Waals surface area (Å²) in [6.07, 6.45) is 2.44. The Morgan fingerprint density at radius 3 is 2.83 bits per heavy atom. The van der Waals surface area contributed by atoms with Crippen LogP contribution in [0.15, 0.2) is 24.3 Å². The molecule has 18 heavy (non-hydrogen) atoms. The maximum absolute atomic E-state index is 13.8. The number of benzene rings is 1. The molecular weight excluding hydrogens is 227 g/mol. The highest BCUT2D eigenvalue weighted by Crippen LogP contribution is 2.21. The van der Waals surface area contributed by atoms with E-state index in [1.807, 2.05) is 12.1 Å². The predicted molar refractivity (Wildman–Crippen MR) is 74.5 cm³/mol. The quantitative estimate of drug-likeness (QED) is 0.883. The Morgan fingerprint density at radius 2 is 2.17 bits per heavy atom. The van der Waals surface area contributed by atoms with Gasteiger partial charge in [-0.1, -0.05) is 19.1 Å². The normalized spacial score (nSPS) is 23.9. The van der Waals surface area contributed by atoms with Crippen molar-refractivity contribution in [2.75, 3.05) is 24.5 Å². The van der Waals surface area contributed by atoms with Crippen LogP contribution in [-0.2, 0) is 0 Å². The minimum atomic E-state index is -0.122. The van der Waals surface area contributed by atoms with Gasteiger partial charge in [0.1, 0.15) is 5.82 Å². The molecule has 1 fully saturated rings. The summed E-state index contributed by atoms with van der Waals surface area (Å²) >= 11 is 0. The molecule has 1 heterocycles. The van der Waals surface area contributed by atoms with E-state index in [2.05, 4.69) is 24.1 Å². The molecule has 2 atom stereocenters. The van der Waals surface area contributed by atoms with Gasteiger partial charge in [0.2, 0.25) is 0 Å². The molecule has 1 saturated heterocycles. The van der Waals surface area contributed by atoms with Crippen LogP contribution in [0.25, 0.3) is 0 Å². The van der Waals surface area contributed by atoms with Gasteiger partial charge >= 0.3 is 0 Å². The lowest BCUT2D eigenvalue weighted by Gasteiger charge is -2.33. The van der Waals surface area contributed by atoms with Crippen LogP contribution >= 0.6 is 0 Å². The third kappa shape index (κ3) is 3.22. The second kappa shape index (κ2) is 6.19. The van der Waals surface area contributed by atoms with E-state index in [4.69, 9.17) is 0 Å². The molecule has 2 nitrogen and oxygen atoms in total. The average molecular weight is 250 g/mol. The highest BCUT2D eigenvalue weighted by atomic mass is 19.1. The first-order valence-electron chi connectivity index (χ1n) is 6.93. The second-order valence-corrected chi connectivity index (χ2v) is 5.27. The highest BCUT2D eigenvalue weighted by molar-refractivity contribution is 5.47. The fraction of sp³-hybridized carbons (Fsp3) is 0.600. The van der Waals surface area contributed by atoms with Crippen molar-refractivity contribution in [1.29, 1.82) is 0 Å². The molecular formula is C15H23FN2. The van der Waals surface area contributed by atoms with Crippen LogP contribution in [0.1, 0.15) is 26.7 Å². The van der Waals surface area contributed by atoms with Crippen LogP contribution < -0.4 is 10.2 Å². The van der Waals surface area contributed by atoms with Gasteiger partial charge in [-0.3, -0.25) is 0 Å². The van der Waals surface area contributed by atoms with Crippen LogP contribution in [0.4, 0.5) is 10.1 Å². The molecule has 1 aromatic carbocycles. The summed E-state index contributed by atoms with van der Waals surface area (Å²) in [5.41, 5.74) is 0.722. The van der Waals surface area contributed by atoms with Gasteiger partial charge in [-0.25, -0.2) is 4.39 Å². The maximum Gasteiger partial charge on any atom is 0.146 e. The van der Waals surface area contributed by atoms with Gasteiger partial charge in [-0.15, -0.1) is 0 Å². The van der Waals surface area contributed by atoms with E-state index < -0.39 is 0 Å². The van der Waals surface area contributed by atoms with Gasteiger partial charge in [0.25, 0.3) is 0 Å². The van der Waals surface area contributed by atoms with Crippen LogP contribution in [0.3, 0.4) is 0 Å². The molecule has 1 aliphatic heterocycles. The van der Waals surface area contributed by atoms with E-state index in [-0.39, 0.29) is 5.82 Å². The fourth-order valence-corrected chi connectivity index (χ4v) is 2.73. The molecule has 0 aliphatic carbocycles. The first-order chi connectivity index (χ1) is 8.70. The molecule has 0 saturated carbocycles. The van der Waals surface area contributed by atoms with Crippen molar-refractivity contribution in [1.82, 2.24) is 5.32 Å². The first kappa shape index (κ1) is 13.3. The van der Waals surface area contributed by atoms with E-state index in [0.717, 1.165) is 31.2 Å². The Labute approximate surface area is 109 Å². The minimum absolute atomic E-state index is 0.122. The zero-order valence-corrected chi connectivity index (χ0v) is 11.3. The predicted octanol–water partition coefficient (Wildman–Crippen LogP) is 3.04. The number of halogens is 1. The summed E-state index contributed by atoms with van der Waals surface area (Å²) < 4.78 is 13.8. The number of hydrogen-bond acceptors (Lipinski definition) is 2. The molecule has 1 N–H and O–H groups in total. The number of nitrogens with zero attached hydrogens (tertiary/aromatic N) is 1. The Hall–Kier alpha value is -1.09. The van der Waals surface area contributed by atoms with Crippen molar-refractivity contribution < 1.29 is 4.39 Å². The lowest BCUT2D eigenvalue weighted by atomic mass is 9.94. The van der Waals surface area contributed by atoms with Crippen molar-refractivity contribution in [3.63, 3.8) is 0 Å². The Morgan fingerprint density at radius 1 is 1.39 bits per heavy atom. The Kier molecular flexibility index (Phi) is 4.59. The third-order valence-corrected chi connectivity index (χ3v) is 3.77.